The minimum Gasteiger partial charge on any atom is -0.457 e. The Morgan fingerprint density at radius 2 is 2.36 bits per heavy atom. The number of carbonyl (C=O) groups excluding carboxylic acids is 1. The lowest BCUT2D eigenvalue weighted by atomic mass is 10.2. The quantitative estimate of drug-likeness (QED) is 0.801. The average Bonchev–Trinajstić information content (AvgIpc) is 2.61. The summed E-state index contributed by atoms with van der Waals surface area (Å²) in [6, 6.07) is 1.81. The van der Waals surface area contributed by atoms with Gasteiger partial charge in [-0.2, -0.15) is 0 Å². The maximum Gasteiger partial charge on any atom is 0.258 e. The van der Waals surface area contributed by atoms with E-state index in [0.717, 1.165) is 5.33 Å². The van der Waals surface area contributed by atoms with Crippen LogP contribution in [0.4, 0.5) is 0 Å². The molecule has 0 aromatic carbocycles. The van der Waals surface area contributed by atoms with Gasteiger partial charge in [0.15, 0.2) is 4.67 Å². The van der Waals surface area contributed by atoms with Crippen LogP contribution < -0.4 is 0 Å². The van der Waals surface area contributed by atoms with Gasteiger partial charge in [-0.1, -0.05) is 15.9 Å². The van der Waals surface area contributed by atoms with Gasteiger partial charge in [0.2, 0.25) is 0 Å². The molecule has 1 unspecified atom stereocenters. The summed E-state index contributed by atoms with van der Waals surface area (Å²) in [4.78, 5) is 13.5. The van der Waals surface area contributed by atoms with E-state index in [1.54, 1.807) is 18.0 Å². The van der Waals surface area contributed by atoms with Gasteiger partial charge in [0.1, 0.15) is 0 Å². The molecule has 78 valence electrons. The van der Waals surface area contributed by atoms with Crippen molar-refractivity contribution in [3.05, 3.63) is 22.6 Å². The average molecular weight is 325 g/mol. The van der Waals surface area contributed by atoms with Crippen LogP contribution in [-0.2, 0) is 0 Å². The van der Waals surface area contributed by atoms with Crippen LogP contribution in [0.25, 0.3) is 0 Å². The third-order valence-corrected chi connectivity index (χ3v) is 3.60. The van der Waals surface area contributed by atoms with Gasteiger partial charge in [0.25, 0.3) is 5.91 Å². The maximum atomic E-state index is 11.8. The summed E-state index contributed by atoms with van der Waals surface area (Å²) in [5.41, 5.74) is 0.556. The number of furan rings is 1. The number of rotatable bonds is 3. The number of nitrogens with zero attached hydrogens (tertiary/aromatic N) is 1. The van der Waals surface area contributed by atoms with Crippen molar-refractivity contribution in [1.29, 1.82) is 0 Å². The van der Waals surface area contributed by atoms with Crippen molar-refractivity contribution in [3.63, 3.8) is 0 Å². The molecule has 3 nitrogen and oxygen atoms in total. The van der Waals surface area contributed by atoms with Crippen LogP contribution in [0, 0.1) is 0 Å². The first-order chi connectivity index (χ1) is 6.57. The maximum absolute atomic E-state index is 11.8. The molecule has 0 aliphatic rings. The van der Waals surface area contributed by atoms with Crippen LogP contribution in [-0.4, -0.2) is 29.2 Å². The van der Waals surface area contributed by atoms with Crippen LogP contribution in [0.2, 0.25) is 0 Å². The molecule has 0 aliphatic heterocycles. The molecular weight excluding hydrogens is 314 g/mol. The number of hydrogen-bond donors (Lipinski definition) is 0. The largest absolute Gasteiger partial charge is 0.457 e. The van der Waals surface area contributed by atoms with Gasteiger partial charge >= 0.3 is 0 Å². The molecule has 1 amide bonds. The Hall–Kier alpha value is -0.290. The number of carbonyl (C=O) groups is 1. The van der Waals surface area contributed by atoms with Crippen molar-refractivity contribution in [2.45, 2.75) is 13.0 Å². The Kier molecular flexibility index (Phi) is 4.19. The zero-order valence-electron chi connectivity index (χ0n) is 7.96. The number of halogens is 2. The number of amides is 1. The van der Waals surface area contributed by atoms with E-state index in [2.05, 4.69) is 31.9 Å². The summed E-state index contributed by atoms with van der Waals surface area (Å²) in [6.45, 7) is 1.97. The van der Waals surface area contributed by atoms with Gasteiger partial charge in [-0.05, 0) is 28.9 Å². The standard InChI is InChI=1S/C9H11Br2NO2/c1-6(5-10)12(2)9(13)7-3-4-14-8(7)11/h3-4,6H,5H2,1-2H3. The lowest BCUT2D eigenvalue weighted by Crippen LogP contribution is -2.35. The third kappa shape index (κ3) is 2.39. The lowest BCUT2D eigenvalue weighted by molar-refractivity contribution is 0.0756. The first kappa shape index (κ1) is 11.8. The van der Waals surface area contributed by atoms with Crippen LogP contribution >= 0.6 is 31.9 Å². The highest BCUT2D eigenvalue weighted by atomic mass is 79.9. The van der Waals surface area contributed by atoms with Gasteiger partial charge in [0, 0.05) is 18.4 Å². The molecule has 0 saturated carbocycles. The smallest absolute Gasteiger partial charge is 0.258 e. The summed E-state index contributed by atoms with van der Waals surface area (Å²) in [5, 5.41) is 0.755. The zero-order valence-corrected chi connectivity index (χ0v) is 11.1. The second-order valence-electron chi connectivity index (χ2n) is 3.03. The normalized spacial score (nSPS) is 12.6. The molecule has 0 fully saturated rings. The molecule has 1 aromatic heterocycles. The highest BCUT2D eigenvalue weighted by Gasteiger charge is 2.20. The van der Waals surface area contributed by atoms with Gasteiger partial charge in [-0.3, -0.25) is 4.79 Å². The Morgan fingerprint density at radius 3 is 2.79 bits per heavy atom. The number of hydrogen-bond acceptors (Lipinski definition) is 2. The van der Waals surface area contributed by atoms with Crippen molar-refractivity contribution in [2.24, 2.45) is 0 Å². The van der Waals surface area contributed by atoms with E-state index in [1.807, 2.05) is 6.92 Å². The summed E-state index contributed by atoms with van der Waals surface area (Å²) in [6.07, 6.45) is 1.49. The molecular formula is C9H11Br2NO2. The molecule has 1 atom stereocenters. The Balaban J connectivity index is 2.81. The molecule has 0 radical (unpaired) electrons. The monoisotopic (exact) mass is 323 g/mol. The van der Waals surface area contributed by atoms with Crippen molar-refractivity contribution in [1.82, 2.24) is 4.90 Å². The van der Waals surface area contributed by atoms with E-state index in [-0.39, 0.29) is 11.9 Å². The Labute approximate surface area is 99.7 Å². The second-order valence-corrected chi connectivity index (χ2v) is 4.40. The molecule has 0 aliphatic carbocycles. The lowest BCUT2D eigenvalue weighted by Gasteiger charge is -2.22. The summed E-state index contributed by atoms with van der Waals surface area (Å²) >= 11 is 6.52. The minimum absolute atomic E-state index is 0.0439. The molecule has 0 spiro atoms. The van der Waals surface area contributed by atoms with Gasteiger partial charge in [0.05, 0.1) is 11.8 Å². The Morgan fingerprint density at radius 1 is 1.71 bits per heavy atom. The third-order valence-electron chi connectivity index (χ3n) is 2.05. The van der Waals surface area contributed by atoms with Gasteiger partial charge in [-0.25, -0.2) is 0 Å². The predicted octanol–water partition coefficient (Wildman–Crippen LogP) is 2.90. The molecule has 1 rings (SSSR count). The van der Waals surface area contributed by atoms with E-state index in [1.165, 1.54) is 6.26 Å². The van der Waals surface area contributed by atoms with E-state index in [4.69, 9.17) is 4.42 Å². The molecule has 5 heteroatoms. The van der Waals surface area contributed by atoms with Crippen LogP contribution in [0.3, 0.4) is 0 Å². The fraction of sp³-hybridized carbons (Fsp3) is 0.444. The summed E-state index contributed by atoms with van der Waals surface area (Å²) in [5.74, 6) is -0.0439. The van der Waals surface area contributed by atoms with Crippen LogP contribution in [0.5, 0.6) is 0 Å². The zero-order chi connectivity index (χ0) is 10.7. The first-order valence-corrected chi connectivity index (χ1v) is 6.05. The summed E-state index contributed by atoms with van der Waals surface area (Å²) < 4.78 is 5.49. The molecule has 0 bridgehead atoms. The van der Waals surface area contributed by atoms with Crippen LogP contribution in [0.1, 0.15) is 17.3 Å². The first-order valence-electron chi connectivity index (χ1n) is 4.14. The molecule has 14 heavy (non-hydrogen) atoms. The Bertz CT molecular complexity index is 324. The number of alkyl halides is 1. The fourth-order valence-electron chi connectivity index (χ4n) is 0.940. The molecule has 1 heterocycles. The molecule has 0 N–H and O–H groups in total. The molecule has 1 aromatic rings. The molecule has 0 saturated heterocycles. The summed E-state index contributed by atoms with van der Waals surface area (Å²) in [7, 11) is 1.77. The second kappa shape index (κ2) is 4.98. The fourth-order valence-corrected chi connectivity index (χ4v) is 1.78. The van der Waals surface area contributed by atoms with Crippen molar-refractivity contribution in [2.75, 3.05) is 12.4 Å². The SMILES string of the molecule is CC(CBr)N(C)C(=O)c1ccoc1Br. The highest BCUT2D eigenvalue weighted by molar-refractivity contribution is 9.10. The highest BCUT2D eigenvalue weighted by Crippen LogP contribution is 2.19. The minimum atomic E-state index is -0.0439. The van der Waals surface area contributed by atoms with Crippen molar-refractivity contribution < 1.29 is 9.21 Å². The van der Waals surface area contributed by atoms with Gasteiger partial charge < -0.3 is 9.32 Å². The van der Waals surface area contributed by atoms with Gasteiger partial charge in [-0.15, -0.1) is 0 Å². The van der Waals surface area contributed by atoms with E-state index < -0.39 is 0 Å². The predicted molar refractivity (Wildman–Crippen MR) is 61.8 cm³/mol. The van der Waals surface area contributed by atoms with Crippen molar-refractivity contribution >= 4 is 37.8 Å². The van der Waals surface area contributed by atoms with Crippen LogP contribution in [0.15, 0.2) is 21.4 Å². The van der Waals surface area contributed by atoms with Crippen molar-refractivity contribution in [3.8, 4) is 0 Å². The topological polar surface area (TPSA) is 33.5 Å². The van der Waals surface area contributed by atoms with E-state index in [0.29, 0.717) is 10.2 Å². The van der Waals surface area contributed by atoms with E-state index in [9.17, 15) is 4.79 Å². The van der Waals surface area contributed by atoms with E-state index >= 15 is 0 Å².